The Hall–Kier alpha value is -1.30. The van der Waals surface area contributed by atoms with Crippen LogP contribution in [0.4, 0.5) is 4.79 Å². The number of hydrogen-bond acceptors (Lipinski definition) is 4. The molecule has 2 aliphatic rings. The largest absolute Gasteiger partial charge is 0.444 e. The number of rotatable bonds is 2. The van der Waals surface area contributed by atoms with Crippen molar-refractivity contribution in [1.82, 2.24) is 15.5 Å². The molecule has 0 aliphatic carbocycles. The van der Waals surface area contributed by atoms with Gasteiger partial charge in [0.1, 0.15) is 5.60 Å². The zero-order valence-electron chi connectivity index (χ0n) is 12.6. The Morgan fingerprint density at radius 2 is 2.15 bits per heavy atom. The molecule has 0 aromatic heterocycles. The highest BCUT2D eigenvalue weighted by Crippen LogP contribution is 2.16. The van der Waals surface area contributed by atoms with Crippen LogP contribution in [0.2, 0.25) is 0 Å². The standard InChI is InChI=1S/C14H25N3O3/c1-14(2,3)20-13(19)17-6-4-5-10(9-17)16-11-7-12(18)15-8-11/h10-11,16H,4-9H2,1-3H3,(H,15,18). The third-order valence-corrected chi connectivity index (χ3v) is 3.52. The highest BCUT2D eigenvalue weighted by atomic mass is 16.6. The summed E-state index contributed by atoms with van der Waals surface area (Å²) in [6, 6.07) is 0.431. The second-order valence-corrected chi connectivity index (χ2v) is 6.64. The Morgan fingerprint density at radius 1 is 1.40 bits per heavy atom. The van der Waals surface area contributed by atoms with Crippen molar-refractivity contribution in [2.75, 3.05) is 19.6 Å². The molecule has 6 heteroatoms. The lowest BCUT2D eigenvalue weighted by Gasteiger charge is -2.35. The zero-order chi connectivity index (χ0) is 14.8. The second-order valence-electron chi connectivity index (χ2n) is 6.64. The van der Waals surface area contributed by atoms with Crippen LogP contribution in [0, 0.1) is 0 Å². The summed E-state index contributed by atoms with van der Waals surface area (Å²) in [4.78, 5) is 25.0. The fraction of sp³-hybridized carbons (Fsp3) is 0.857. The lowest BCUT2D eigenvalue weighted by Crippen LogP contribution is -2.52. The fourth-order valence-corrected chi connectivity index (χ4v) is 2.66. The Labute approximate surface area is 120 Å². The molecule has 2 fully saturated rings. The normalized spacial score (nSPS) is 27.4. The van der Waals surface area contributed by atoms with Crippen molar-refractivity contribution in [1.29, 1.82) is 0 Å². The average Bonchev–Trinajstić information content (AvgIpc) is 2.73. The SMILES string of the molecule is CC(C)(C)OC(=O)N1CCCC(NC2CNC(=O)C2)C1. The quantitative estimate of drug-likeness (QED) is 0.788. The van der Waals surface area contributed by atoms with Gasteiger partial charge in [-0.05, 0) is 33.6 Å². The Bertz CT molecular complexity index is 378. The highest BCUT2D eigenvalue weighted by molar-refractivity contribution is 5.78. The van der Waals surface area contributed by atoms with Gasteiger partial charge in [0.05, 0.1) is 0 Å². The molecule has 2 atom stereocenters. The summed E-state index contributed by atoms with van der Waals surface area (Å²) in [7, 11) is 0. The number of carbonyl (C=O) groups is 2. The number of hydrogen-bond donors (Lipinski definition) is 2. The number of ether oxygens (including phenoxy) is 1. The first-order valence-corrected chi connectivity index (χ1v) is 7.34. The van der Waals surface area contributed by atoms with E-state index >= 15 is 0 Å². The van der Waals surface area contributed by atoms with Crippen LogP contribution in [-0.4, -0.2) is 54.2 Å². The van der Waals surface area contributed by atoms with Crippen LogP contribution >= 0.6 is 0 Å². The lowest BCUT2D eigenvalue weighted by atomic mass is 10.0. The molecular weight excluding hydrogens is 258 g/mol. The molecule has 0 aromatic carbocycles. The van der Waals surface area contributed by atoms with E-state index in [1.807, 2.05) is 20.8 Å². The molecule has 20 heavy (non-hydrogen) atoms. The monoisotopic (exact) mass is 283 g/mol. The molecule has 0 radical (unpaired) electrons. The van der Waals surface area contributed by atoms with E-state index < -0.39 is 5.60 Å². The fourth-order valence-electron chi connectivity index (χ4n) is 2.66. The summed E-state index contributed by atoms with van der Waals surface area (Å²) in [6.45, 7) is 7.71. The molecule has 6 nitrogen and oxygen atoms in total. The van der Waals surface area contributed by atoms with Crippen LogP contribution in [0.3, 0.4) is 0 Å². The van der Waals surface area contributed by atoms with E-state index in [1.54, 1.807) is 4.90 Å². The van der Waals surface area contributed by atoms with Gasteiger partial charge in [-0.25, -0.2) is 4.79 Å². The Kier molecular flexibility index (Phi) is 4.52. The topological polar surface area (TPSA) is 70.7 Å². The van der Waals surface area contributed by atoms with Crippen LogP contribution in [0.5, 0.6) is 0 Å². The van der Waals surface area contributed by atoms with Gasteiger partial charge < -0.3 is 20.3 Å². The molecule has 2 aliphatic heterocycles. The maximum atomic E-state index is 12.1. The third kappa shape index (κ3) is 4.37. The number of nitrogens with one attached hydrogen (secondary N) is 2. The molecule has 2 saturated heterocycles. The van der Waals surface area contributed by atoms with Crippen molar-refractivity contribution < 1.29 is 14.3 Å². The van der Waals surface area contributed by atoms with Crippen molar-refractivity contribution in [3.8, 4) is 0 Å². The van der Waals surface area contributed by atoms with Gasteiger partial charge in [0.2, 0.25) is 5.91 Å². The smallest absolute Gasteiger partial charge is 0.410 e. The summed E-state index contributed by atoms with van der Waals surface area (Å²) >= 11 is 0. The summed E-state index contributed by atoms with van der Waals surface area (Å²) < 4.78 is 5.41. The molecule has 0 bridgehead atoms. The molecular formula is C14H25N3O3. The van der Waals surface area contributed by atoms with Crippen molar-refractivity contribution in [2.45, 2.75) is 57.7 Å². The number of carbonyl (C=O) groups excluding carboxylic acids is 2. The third-order valence-electron chi connectivity index (χ3n) is 3.52. The molecule has 0 aromatic rings. The highest BCUT2D eigenvalue weighted by Gasteiger charge is 2.30. The van der Waals surface area contributed by atoms with Gasteiger partial charge in [-0.1, -0.05) is 0 Å². The molecule has 0 saturated carbocycles. The minimum Gasteiger partial charge on any atom is -0.444 e. The van der Waals surface area contributed by atoms with Crippen molar-refractivity contribution in [3.63, 3.8) is 0 Å². The maximum Gasteiger partial charge on any atom is 0.410 e. The van der Waals surface area contributed by atoms with Gasteiger partial charge in [0, 0.05) is 38.1 Å². The summed E-state index contributed by atoms with van der Waals surface area (Å²) in [5.74, 6) is 0.0994. The van der Waals surface area contributed by atoms with Gasteiger partial charge in [0.25, 0.3) is 0 Å². The summed E-state index contributed by atoms with van der Waals surface area (Å²) in [5.41, 5.74) is -0.459. The number of likely N-dealkylation sites (tertiary alicyclic amines) is 1. The summed E-state index contributed by atoms with van der Waals surface area (Å²) in [5, 5.41) is 6.28. The van der Waals surface area contributed by atoms with E-state index in [-0.39, 0.29) is 24.1 Å². The Morgan fingerprint density at radius 3 is 2.75 bits per heavy atom. The van der Waals surface area contributed by atoms with Crippen LogP contribution in [0.1, 0.15) is 40.0 Å². The molecule has 2 heterocycles. The van der Waals surface area contributed by atoms with Gasteiger partial charge >= 0.3 is 6.09 Å². The molecule has 2 amide bonds. The van der Waals surface area contributed by atoms with Crippen LogP contribution in [0.15, 0.2) is 0 Å². The van der Waals surface area contributed by atoms with Gasteiger partial charge in [-0.15, -0.1) is 0 Å². The van der Waals surface area contributed by atoms with E-state index in [0.717, 1.165) is 19.4 Å². The summed E-state index contributed by atoms with van der Waals surface area (Å²) in [6.07, 6.45) is 2.28. The van der Waals surface area contributed by atoms with E-state index in [1.165, 1.54) is 0 Å². The molecule has 2 rings (SSSR count). The second kappa shape index (κ2) is 5.99. The van der Waals surface area contributed by atoms with Crippen molar-refractivity contribution in [2.24, 2.45) is 0 Å². The van der Waals surface area contributed by atoms with Gasteiger partial charge in [-0.3, -0.25) is 4.79 Å². The number of amides is 2. The number of nitrogens with zero attached hydrogens (tertiary/aromatic N) is 1. The first-order chi connectivity index (χ1) is 9.33. The average molecular weight is 283 g/mol. The predicted molar refractivity (Wildman–Crippen MR) is 75.4 cm³/mol. The maximum absolute atomic E-state index is 12.1. The lowest BCUT2D eigenvalue weighted by molar-refractivity contribution is -0.119. The minimum absolute atomic E-state index is 0.0994. The molecule has 2 N–H and O–H groups in total. The van der Waals surface area contributed by atoms with E-state index in [0.29, 0.717) is 19.5 Å². The van der Waals surface area contributed by atoms with Gasteiger partial charge in [0.15, 0.2) is 0 Å². The van der Waals surface area contributed by atoms with Gasteiger partial charge in [-0.2, -0.15) is 0 Å². The van der Waals surface area contributed by atoms with E-state index in [4.69, 9.17) is 4.74 Å². The molecule has 2 unspecified atom stereocenters. The van der Waals surface area contributed by atoms with Crippen LogP contribution in [-0.2, 0) is 9.53 Å². The first kappa shape index (κ1) is 15.1. The Balaban J connectivity index is 1.82. The molecule has 114 valence electrons. The van der Waals surface area contributed by atoms with E-state index in [9.17, 15) is 9.59 Å². The number of piperidine rings is 1. The minimum atomic E-state index is -0.459. The molecule has 0 spiro atoms. The zero-order valence-corrected chi connectivity index (χ0v) is 12.6. The van der Waals surface area contributed by atoms with Crippen molar-refractivity contribution >= 4 is 12.0 Å². The van der Waals surface area contributed by atoms with E-state index in [2.05, 4.69) is 10.6 Å². The predicted octanol–water partition coefficient (Wildman–Crippen LogP) is 0.864. The van der Waals surface area contributed by atoms with Crippen molar-refractivity contribution in [3.05, 3.63) is 0 Å². The first-order valence-electron chi connectivity index (χ1n) is 7.34. The van der Waals surface area contributed by atoms with Crippen LogP contribution < -0.4 is 10.6 Å². The van der Waals surface area contributed by atoms with Crippen LogP contribution in [0.25, 0.3) is 0 Å².